The highest BCUT2D eigenvalue weighted by Gasteiger charge is 2.10. The van der Waals surface area contributed by atoms with Crippen LogP contribution in [0.5, 0.6) is 0 Å². The molecule has 86 valence electrons. The molecule has 0 fully saturated rings. The Morgan fingerprint density at radius 2 is 2.06 bits per heavy atom. The number of imidazole rings is 1. The molecule has 0 radical (unpaired) electrons. The number of rotatable bonds is 2. The maximum Gasteiger partial charge on any atom is 0.329 e. The van der Waals surface area contributed by atoms with Gasteiger partial charge in [0.15, 0.2) is 0 Å². The smallest absolute Gasteiger partial charge is 0.295 e. The van der Waals surface area contributed by atoms with E-state index < -0.39 is 0 Å². The van der Waals surface area contributed by atoms with Crippen LogP contribution in [0.25, 0.3) is 11.0 Å². The Hall–Kier alpha value is -1.88. The van der Waals surface area contributed by atoms with Crippen LogP contribution in [0, 0.1) is 0 Å². The molecule has 2 heterocycles. The van der Waals surface area contributed by atoms with Gasteiger partial charge in [0.05, 0.1) is 28.8 Å². The topological polar surface area (TPSA) is 39.8 Å². The van der Waals surface area contributed by atoms with E-state index in [1.54, 1.807) is 33.0 Å². The molecule has 0 N–H and O–H groups in total. The monoisotopic (exact) mass is 245 g/mol. The molecular weight excluding hydrogens is 234 g/mol. The first-order chi connectivity index (χ1) is 8.27. The van der Waals surface area contributed by atoms with E-state index in [1.165, 1.54) is 0 Å². The van der Waals surface area contributed by atoms with E-state index in [0.717, 1.165) is 16.7 Å². The quantitative estimate of drug-likeness (QED) is 0.691. The fourth-order valence-corrected chi connectivity index (χ4v) is 2.54. The third kappa shape index (κ3) is 1.59. The SMILES string of the molecule is Cn1c(=O)n(Cc2cscn2)c2ccccc21. The Morgan fingerprint density at radius 3 is 2.76 bits per heavy atom. The lowest BCUT2D eigenvalue weighted by atomic mass is 10.3. The van der Waals surface area contributed by atoms with Crippen molar-refractivity contribution in [3.63, 3.8) is 0 Å². The molecule has 0 aliphatic carbocycles. The zero-order chi connectivity index (χ0) is 11.8. The molecule has 0 spiro atoms. The summed E-state index contributed by atoms with van der Waals surface area (Å²) in [5.41, 5.74) is 4.61. The molecule has 17 heavy (non-hydrogen) atoms. The van der Waals surface area contributed by atoms with E-state index in [0.29, 0.717) is 6.54 Å². The van der Waals surface area contributed by atoms with Crippen molar-refractivity contribution in [3.8, 4) is 0 Å². The summed E-state index contributed by atoms with van der Waals surface area (Å²) in [6.07, 6.45) is 0. The second kappa shape index (κ2) is 3.85. The van der Waals surface area contributed by atoms with Crippen LogP contribution >= 0.6 is 11.3 Å². The van der Waals surface area contributed by atoms with Crippen molar-refractivity contribution in [2.75, 3.05) is 0 Å². The lowest BCUT2D eigenvalue weighted by Gasteiger charge is -1.99. The number of benzene rings is 1. The van der Waals surface area contributed by atoms with Gasteiger partial charge in [-0.2, -0.15) is 0 Å². The highest BCUT2D eigenvalue weighted by atomic mass is 32.1. The van der Waals surface area contributed by atoms with Gasteiger partial charge in [0.1, 0.15) is 0 Å². The van der Waals surface area contributed by atoms with Crippen molar-refractivity contribution < 1.29 is 0 Å². The Morgan fingerprint density at radius 1 is 1.29 bits per heavy atom. The zero-order valence-electron chi connectivity index (χ0n) is 9.33. The number of nitrogens with zero attached hydrogens (tertiary/aromatic N) is 3. The van der Waals surface area contributed by atoms with Gasteiger partial charge in [0.25, 0.3) is 0 Å². The number of aromatic nitrogens is 3. The van der Waals surface area contributed by atoms with Crippen LogP contribution in [-0.2, 0) is 13.6 Å². The number of thiazole rings is 1. The summed E-state index contributed by atoms with van der Waals surface area (Å²) in [4.78, 5) is 16.3. The minimum absolute atomic E-state index is 0.000741. The van der Waals surface area contributed by atoms with Crippen molar-refractivity contribution in [2.24, 2.45) is 7.05 Å². The summed E-state index contributed by atoms with van der Waals surface area (Å²) < 4.78 is 3.42. The van der Waals surface area contributed by atoms with E-state index in [4.69, 9.17) is 0 Å². The molecule has 3 aromatic rings. The molecule has 0 saturated heterocycles. The van der Waals surface area contributed by atoms with Gasteiger partial charge in [-0.15, -0.1) is 11.3 Å². The molecule has 0 saturated carbocycles. The molecule has 1 aromatic carbocycles. The largest absolute Gasteiger partial charge is 0.329 e. The maximum absolute atomic E-state index is 12.1. The van der Waals surface area contributed by atoms with E-state index in [1.807, 2.05) is 29.6 Å². The average molecular weight is 245 g/mol. The number of aryl methyl sites for hydroxylation is 1. The summed E-state index contributed by atoms with van der Waals surface area (Å²) in [6, 6.07) is 7.80. The van der Waals surface area contributed by atoms with Crippen LogP contribution in [0.4, 0.5) is 0 Å². The molecule has 0 unspecified atom stereocenters. The normalized spacial score (nSPS) is 11.1. The molecule has 4 nitrogen and oxygen atoms in total. The summed E-state index contributed by atoms with van der Waals surface area (Å²) >= 11 is 1.54. The van der Waals surface area contributed by atoms with Crippen LogP contribution in [0.2, 0.25) is 0 Å². The van der Waals surface area contributed by atoms with Gasteiger partial charge >= 0.3 is 5.69 Å². The molecule has 0 amide bonds. The highest BCUT2D eigenvalue weighted by Crippen LogP contribution is 2.13. The van der Waals surface area contributed by atoms with Crippen LogP contribution in [0.1, 0.15) is 5.69 Å². The van der Waals surface area contributed by atoms with Gasteiger partial charge < -0.3 is 0 Å². The Balaban J connectivity index is 2.22. The third-order valence-electron chi connectivity index (χ3n) is 2.86. The second-order valence-corrected chi connectivity index (χ2v) is 4.61. The van der Waals surface area contributed by atoms with Crippen LogP contribution in [-0.4, -0.2) is 14.1 Å². The van der Waals surface area contributed by atoms with Crippen LogP contribution in [0.15, 0.2) is 40.0 Å². The van der Waals surface area contributed by atoms with Gasteiger partial charge in [-0.05, 0) is 12.1 Å². The predicted octanol–water partition coefficient (Wildman–Crippen LogP) is 1.84. The summed E-state index contributed by atoms with van der Waals surface area (Å²) in [6.45, 7) is 0.531. The zero-order valence-corrected chi connectivity index (χ0v) is 10.1. The van der Waals surface area contributed by atoms with Gasteiger partial charge in [0, 0.05) is 12.4 Å². The molecule has 5 heteroatoms. The van der Waals surface area contributed by atoms with Crippen molar-refractivity contribution >= 4 is 22.4 Å². The van der Waals surface area contributed by atoms with E-state index in [9.17, 15) is 4.79 Å². The average Bonchev–Trinajstić information content (AvgIpc) is 2.94. The van der Waals surface area contributed by atoms with Crippen LogP contribution < -0.4 is 5.69 Å². The standard InChI is InChI=1S/C12H11N3OS/c1-14-10-4-2-3-5-11(10)15(12(14)16)6-9-7-17-8-13-9/h2-5,7-8H,6H2,1H3. The number of fused-ring (bicyclic) bond motifs is 1. The lowest BCUT2D eigenvalue weighted by molar-refractivity contribution is 0.725. The molecule has 0 atom stereocenters. The molecule has 0 aliphatic rings. The Labute approximate surface area is 102 Å². The maximum atomic E-state index is 12.1. The first-order valence-electron chi connectivity index (χ1n) is 5.28. The van der Waals surface area contributed by atoms with Crippen molar-refractivity contribution in [1.29, 1.82) is 0 Å². The first-order valence-corrected chi connectivity index (χ1v) is 6.23. The predicted molar refractivity (Wildman–Crippen MR) is 68.4 cm³/mol. The minimum Gasteiger partial charge on any atom is -0.295 e. The summed E-state index contributed by atoms with van der Waals surface area (Å²) in [5.74, 6) is 0. The molecule has 2 aromatic heterocycles. The van der Waals surface area contributed by atoms with Gasteiger partial charge in [-0.25, -0.2) is 9.78 Å². The Bertz CT molecular complexity index is 709. The van der Waals surface area contributed by atoms with Gasteiger partial charge in [-0.3, -0.25) is 9.13 Å². The van der Waals surface area contributed by atoms with E-state index in [-0.39, 0.29) is 5.69 Å². The first kappa shape index (κ1) is 10.3. The van der Waals surface area contributed by atoms with E-state index >= 15 is 0 Å². The van der Waals surface area contributed by atoms with Crippen molar-refractivity contribution in [3.05, 3.63) is 51.3 Å². The highest BCUT2D eigenvalue weighted by molar-refractivity contribution is 7.07. The third-order valence-corrected chi connectivity index (χ3v) is 3.49. The number of hydrogen-bond donors (Lipinski definition) is 0. The molecular formula is C12H11N3OS. The summed E-state index contributed by atoms with van der Waals surface area (Å²) in [7, 11) is 1.79. The molecule has 3 rings (SSSR count). The minimum atomic E-state index is -0.000741. The van der Waals surface area contributed by atoms with Gasteiger partial charge in [-0.1, -0.05) is 12.1 Å². The van der Waals surface area contributed by atoms with E-state index in [2.05, 4.69) is 4.98 Å². The Kier molecular flexibility index (Phi) is 2.33. The second-order valence-electron chi connectivity index (χ2n) is 3.90. The fourth-order valence-electron chi connectivity index (χ4n) is 1.99. The van der Waals surface area contributed by atoms with Crippen molar-refractivity contribution in [2.45, 2.75) is 6.54 Å². The number of para-hydroxylation sites is 2. The fraction of sp³-hybridized carbons (Fsp3) is 0.167. The van der Waals surface area contributed by atoms with Crippen LogP contribution in [0.3, 0.4) is 0 Å². The lowest BCUT2D eigenvalue weighted by Crippen LogP contribution is -2.22. The van der Waals surface area contributed by atoms with Crippen molar-refractivity contribution in [1.82, 2.24) is 14.1 Å². The number of hydrogen-bond acceptors (Lipinski definition) is 3. The summed E-state index contributed by atoms with van der Waals surface area (Å²) in [5, 5.41) is 1.97. The molecule has 0 aliphatic heterocycles. The van der Waals surface area contributed by atoms with Gasteiger partial charge in [0.2, 0.25) is 0 Å². The molecule has 0 bridgehead atoms.